The van der Waals surface area contributed by atoms with E-state index in [9.17, 15) is 9.59 Å². The quantitative estimate of drug-likeness (QED) is 0.608. The number of aryl methyl sites for hydroxylation is 1. The number of carbonyl (C=O) groups is 2. The van der Waals surface area contributed by atoms with Gasteiger partial charge in [0.2, 0.25) is 5.78 Å². The number of aromatic nitrogens is 1. The van der Waals surface area contributed by atoms with Gasteiger partial charge < -0.3 is 9.30 Å². The van der Waals surface area contributed by atoms with Gasteiger partial charge in [-0.25, -0.2) is 4.79 Å². The molecule has 1 aromatic carbocycles. The minimum absolute atomic E-state index is 0.0972. The highest BCUT2D eigenvalue weighted by Crippen LogP contribution is 2.23. The average molecular weight is 297 g/mol. The van der Waals surface area contributed by atoms with E-state index < -0.39 is 11.8 Å². The highest BCUT2D eigenvalue weighted by Gasteiger charge is 2.20. The van der Waals surface area contributed by atoms with Crippen molar-refractivity contribution in [2.45, 2.75) is 12.3 Å². The Morgan fingerprint density at radius 1 is 1.23 bits per heavy atom. The first-order valence-corrected chi connectivity index (χ1v) is 7.06. The summed E-state index contributed by atoms with van der Waals surface area (Å²) in [6.45, 7) is 0. The molecule has 0 aliphatic heterocycles. The molecule has 0 amide bonds. The monoisotopic (exact) mass is 297 g/mol. The Labute approximate surface area is 130 Å². The highest BCUT2D eigenvalue weighted by molar-refractivity contribution is 6.33. The minimum atomic E-state index is -0.797. The van der Waals surface area contributed by atoms with E-state index in [1.807, 2.05) is 72.6 Å². The number of Topliss-reactive ketones (excluding diaryl/α,β-unsaturated/α-hetero) is 1. The molecule has 4 heteroatoms. The fourth-order valence-corrected chi connectivity index (χ4v) is 2.23. The largest absolute Gasteiger partial charge is 0.463 e. The second-order valence-electron chi connectivity index (χ2n) is 5.11. The van der Waals surface area contributed by atoms with Crippen molar-refractivity contribution in [3.05, 3.63) is 66.0 Å². The van der Waals surface area contributed by atoms with Crippen LogP contribution in [0.2, 0.25) is 0 Å². The molecule has 22 heavy (non-hydrogen) atoms. The van der Waals surface area contributed by atoms with Crippen LogP contribution < -0.4 is 0 Å². The number of allylic oxidation sites excluding steroid dienone is 1. The number of carbonyl (C=O) groups excluding carboxylic acids is 2. The number of esters is 1. The molecule has 0 fully saturated rings. The molecule has 0 radical (unpaired) electrons. The number of rotatable bonds is 6. The van der Waals surface area contributed by atoms with Crippen LogP contribution in [0.25, 0.3) is 6.08 Å². The molecule has 1 aromatic heterocycles. The van der Waals surface area contributed by atoms with E-state index >= 15 is 0 Å². The van der Waals surface area contributed by atoms with Gasteiger partial charge in [-0.1, -0.05) is 42.5 Å². The van der Waals surface area contributed by atoms with Gasteiger partial charge in [-0.15, -0.1) is 0 Å². The predicted octanol–water partition coefficient (Wildman–Crippen LogP) is 2.95. The van der Waals surface area contributed by atoms with Crippen LogP contribution in [0.3, 0.4) is 0 Å². The Hall–Kier alpha value is -2.62. The number of ketones is 1. The van der Waals surface area contributed by atoms with Crippen molar-refractivity contribution in [2.75, 3.05) is 7.11 Å². The fourth-order valence-electron chi connectivity index (χ4n) is 2.23. The standard InChI is InChI=1S/C18H19NO3/c1-19-11-10-16(13-19)15(12-17(20)18(21)22-2)9-8-14-6-4-3-5-7-14/h3-11,13,15H,12H2,1-2H3/b9-8+/t15-/m0/s1. The minimum Gasteiger partial charge on any atom is -0.463 e. The smallest absolute Gasteiger partial charge is 0.374 e. The van der Waals surface area contributed by atoms with Crippen LogP contribution >= 0.6 is 0 Å². The first-order chi connectivity index (χ1) is 10.6. The van der Waals surface area contributed by atoms with Crippen LogP contribution in [-0.4, -0.2) is 23.4 Å². The molecule has 0 N–H and O–H groups in total. The Bertz CT molecular complexity index is 671. The predicted molar refractivity (Wildman–Crippen MR) is 85.3 cm³/mol. The van der Waals surface area contributed by atoms with Gasteiger partial charge in [0.25, 0.3) is 0 Å². The first kappa shape index (κ1) is 15.8. The SMILES string of the molecule is COC(=O)C(=O)C[C@H](/C=C/c1ccccc1)c1ccn(C)c1. The lowest BCUT2D eigenvalue weighted by molar-refractivity contribution is -0.151. The molecular weight excluding hydrogens is 278 g/mol. The van der Waals surface area contributed by atoms with Gasteiger partial charge >= 0.3 is 5.97 Å². The maximum Gasteiger partial charge on any atom is 0.374 e. The number of methoxy groups -OCH3 is 1. The van der Waals surface area contributed by atoms with E-state index in [2.05, 4.69) is 4.74 Å². The van der Waals surface area contributed by atoms with E-state index in [1.54, 1.807) is 0 Å². The van der Waals surface area contributed by atoms with Gasteiger partial charge in [-0.05, 0) is 17.2 Å². The topological polar surface area (TPSA) is 48.3 Å². The molecule has 4 nitrogen and oxygen atoms in total. The summed E-state index contributed by atoms with van der Waals surface area (Å²) in [6, 6.07) is 11.8. The number of nitrogens with zero attached hydrogens (tertiary/aromatic N) is 1. The molecule has 0 bridgehead atoms. The Morgan fingerprint density at radius 3 is 2.55 bits per heavy atom. The van der Waals surface area contributed by atoms with Gasteiger partial charge in [-0.3, -0.25) is 4.79 Å². The van der Waals surface area contributed by atoms with E-state index in [-0.39, 0.29) is 12.3 Å². The van der Waals surface area contributed by atoms with Crippen LogP contribution in [0.4, 0.5) is 0 Å². The maximum atomic E-state index is 11.9. The third-order valence-corrected chi connectivity index (χ3v) is 3.42. The maximum absolute atomic E-state index is 11.9. The first-order valence-electron chi connectivity index (χ1n) is 7.06. The molecule has 2 aromatic rings. The second kappa shape index (κ2) is 7.41. The highest BCUT2D eigenvalue weighted by atomic mass is 16.5. The Kier molecular flexibility index (Phi) is 5.31. The molecule has 0 saturated heterocycles. The van der Waals surface area contributed by atoms with Crippen LogP contribution in [0.1, 0.15) is 23.5 Å². The van der Waals surface area contributed by atoms with Crippen LogP contribution in [0.15, 0.2) is 54.9 Å². The molecule has 0 saturated carbocycles. The fraction of sp³-hybridized carbons (Fsp3) is 0.222. The third kappa shape index (κ3) is 4.19. The molecule has 114 valence electrons. The summed E-state index contributed by atoms with van der Waals surface area (Å²) < 4.78 is 6.42. The number of benzene rings is 1. The van der Waals surface area contributed by atoms with Crippen LogP contribution in [-0.2, 0) is 21.4 Å². The molecule has 1 heterocycles. The van der Waals surface area contributed by atoms with Crippen molar-refractivity contribution < 1.29 is 14.3 Å². The Morgan fingerprint density at radius 2 is 1.95 bits per heavy atom. The number of hydrogen-bond donors (Lipinski definition) is 0. The van der Waals surface area contributed by atoms with Crippen molar-refractivity contribution in [3.63, 3.8) is 0 Å². The van der Waals surface area contributed by atoms with Gasteiger partial charge in [0.1, 0.15) is 0 Å². The van der Waals surface area contributed by atoms with E-state index in [1.165, 1.54) is 7.11 Å². The lowest BCUT2D eigenvalue weighted by Gasteiger charge is -2.10. The number of hydrogen-bond acceptors (Lipinski definition) is 3. The summed E-state index contributed by atoms with van der Waals surface area (Å²) >= 11 is 0. The van der Waals surface area contributed by atoms with Gasteiger partial charge in [-0.2, -0.15) is 0 Å². The molecular formula is C18H19NO3. The van der Waals surface area contributed by atoms with Crippen molar-refractivity contribution in [1.82, 2.24) is 4.57 Å². The summed E-state index contributed by atoms with van der Waals surface area (Å²) in [6.07, 6.45) is 7.87. The summed E-state index contributed by atoms with van der Waals surface area (Å²) in [4.78, 5) is 23.2. The third-order valence-electron chi connectivity index (χ3n) is 3.42. The Balaban J connectivity index is 2.20. The summed E-state index contributed by atoms with van der Waals surface area (Å²) in [7, 11) is 3.14. The molecule has 0 spiro atoms. The van der Waals surface area contributed by atoms with Gasteiger partial charge in [0.15, 0.2) is 0 Å². The summed E-state index contributed by atoms with van der Waals surface area (Å²) in [5.41, 5.74) is 2.04. The molecule has 2 rings (SSSR count). The van der Waals surface area contributed by atoms with Gasteiger partial charge in [0, 0.05) is 31.8 Å². The molecule has 1 atom stereocenters. The summed E-state index contributed by atoms with van der Waals surface area (Å²) in [5.74, 6) is -1.48. The molecule has 0 aliphatic carbocycles. The van der Waals surface area contributed by atoms with Crippen molar-refractivity contribution in [2.24, 2.45) is 7.05 Å². The van der Waals surface area contributed by atoms with Crippen LogP contribution in [0, 0.1) is 0 Å². The van der Waals surface area contributed by atoms with Gasteiger partial charge in [0.05, 0.1) is 7.11 Å². The zero-order chi connectivity index (χ0) is 15.9. The van der Waals surface area contributed by atoms with E-state index in [4.69, 9.17) is 0 Å². The second-order valence-corrected chi connectivity index (χ2v) is 5.11. The average Bonchev–Trinajstić information content (AvgIpc) is 2.97. The van der Waals surface area contributed by atoms with Crippen molar-refractivity contribution in [3.8, 4) is 0 Å². The lowest BCUT2D eigenvalue weighted by Crippen LogP contribution is -2.17. The van der Waals surface area contributed by atoms with Crippen LogP contribution in [0.5, 0.6) is 0 Å². The van der Waals surface area contributed by atoms with E-state index in [0.29, 0.717) is 0 Å². The zero-order valence-corrected chi connectivity index (χ0v) is 12.7. The van der Waals surface area contributed by atoms with Crippen molar-refractivity contribution >= 4 is 17.8 Å². The number of ether oxygens (including phenoxy) is 1. The zero-order valence-electron chi connectivity index (χ0n) is 12.7. The molecule has 0 unspecified atom stereocenters. The summed E-state index contributed by atoms with van der Waals surface area (Å²) in [5, 5.41) is 0. The normalized spacial score (nSPS) is 12.3. The lowest BCUT2D eigenvalue weighted by atomic mass is 9.94. The molecule has 0 aliphatic rings. The van der Waals surface area contributed by atoms with E-state index in [0.717, 1.165) is 11.1 Å². The van der Waals surface area contributed by atoms with Crippen molar-refractivity contribution in [1.29, 1.82) is 0 Å².